The molecule has 0 radical (unpaired) electrons. The number of methoxy groups -OCH3 is 1. The highest BCUT2D eigenvalue weighted by Gasteiger charge is 2.19. The van der Waals surface area contributed by atoms with Gasteiger partial charge in [-0.05, 0) is 56.5 Å². The number of benzene rings is 2. The third-order valence-electron chi connectivity index (χ3n) is 3.32. The van der Waals surface area contributed by atoms with Gasteiger partial charge >= 0.3 is 0 Å². The quantitative estimate of drug-likeness (QED) is 0.402. The van der Waals surface area contributed by atoms with Gasteiger partial charge in [-0.2, -0.15) is 0 Å². The SMILES string of the molecule is COc1ccc(Cl)cc1C(Br)c1csc2c(Br)cccc12. The number of fused-ring (bicyclic) bond motifs is 1. The first-order valence-corrected chi connectivity index (χ1v) is 9.21. The van der Waals surface area contributed by atoms with Gasteiger partial charge in [0.25, 0.3) is 0 Å². The van der Waals surface area contributed by atoms with Crippen molar-refractivity contribution in [1.29, 1.82) is 0 Å². The normalized spacial score (nSPS) is 12.6. The van der Waals surface area contributed by atoms with Crippen molar-refractivity contribution in [2.75, 3.05) is 7.11 Å². The summed E-state index contributed by atoms with van der Waals surface area (Å²) in [5.74, 6) is 0.829. The van der Waals surface area contributed by atoms with Crippen LogP contribution in [0.2, 0.25) is 5.02 Å². The number of rotatable bonds is 3. The number of alkyl halides is 1. The second-order valence-electron chi connectivity index (χ2n) is 4.56. The Bertz CT molecular complexity index is 800. The molecule has 0 aliphatic heterocycles. The van der Waals surface area contributed by atoms with Crippen molar-refractivity contribution in [2.24, 2.45) is 0 Å². The first-order valence-electron chi connectivity index (χ1n) is 6.25. The largest absolute Gasteiger partial charge is 0.496 e. The molecule has 0 aliphatic rings. The molecule has 1 unspecified atom stereocenters. The van der Waals surface area contributed by atoms with Crippen LogP contribution in [0, 0.1) is 0 Å². The predicted molar refractivity (Wildman–Crippen MR) is 98.3 cm³/mol. The van der Waals surface area contributed by atoms with Gasteiger partial charge in [-0.1, -0.05) is 39.7 Å². The van der Waals surface area contributed by atoms with Gasteiger partial charge in [-0.3, -0.25) is 0 Å². The minimum Gasteiger partial charge on any atom is -0.496 e. The average Bonchev–Trinajstić information content (AvgIpc) is 2.92. The molecular formula is C16H11Br2ClOS. The molecule has 0 saturated heterocycles. The summed E-state index contributed by atoms with van der Waals surface area (Å²) in [6.07, 6.45) is 0. The fourth-order valence-corrected chi connectivity index (χ4v) is 5.05. The van der Waals surface area contributed by atoms with E-state index in [1.165, 1.54) is 15.6 Å². The molecule has 108 valence electrons. The van der Waals surface area contributed by atoms with Crippen molar-refractivity contribution in [3.63, 3.8) is 0 Å². The van der Waals surface area contributed by atoms with Crippen LogP contribution in [0.25, 0.3) is 10.1 Å². The third-order valence-corrected chi connectivity index (χ3v) is 6.51. The van der Waals surface area contributed by atoms with E-state index >= 15 is 0 Å². The smallest absolute Gasteiger partial charge is 0.123 e. The van der Waals surface area contributed by atoms with Gasteiger partial charge in [0, 0.05) is 19.8 Å². The topological polar surface area (TPSA) is 9.23 Å². The summed E-state index contributed by atoms with van der Waals surface area (Å²) >= 11 is 15.3. The maximum Gasteiger partial charge on any atom is 0.123 e. The average molecular weight is 447 g/mol. The molecule has 5 heteroatoms. The predicted octanol–water partition coefficient (Wildman–Crippen LogP) is 6.81. The second kappa shape index (κ2) is 6.29. The van der Waals surface area contributed by atoms with E-state index in [-0.39, 0.29) is 4.83 Å². The van der Waals surface area contributed by atoms with Crippen molar-refractivity contribution in [3.05, 3.63) is 62.4 Å². The van der Waals surface area contributed by atoms with Crippen molar-refractivity contribution in [3.8, 4) is 5.75 Å². The van der Waals surface area contributed by atoms with Gasteiger partial charge < -0.3 is 4.74 Å². The molecule has 0 saturated carbocycles. The lowest BCUT2D eigenvalue weighted by atomic mass is 10.0. The Labute approximate surface area is 149 Å². The van der Waals surface area contributed by atoms with Crippen molar-refractivity contribution >= 4 is 64.9 Å². The van der Waals surface area contributed by atoms with Crippen molar-refractivity contribution in [2.45, 2.75) is 4.83 Å². The standard InChI is InChI=1S/C16H11Br2ClOS/c1-20-14-6-5-9(19)7-11(14)15(18)12-8-21-16-10(12)3-2-4-13(16)17/h2-8,15H,1H3. The van der Waals surface area contributed by atoms with E-state index < -0.39 is 0 Å². The van der Waals surface area contributed by atoms with E-state index in [0.29, 0.717) is 5.02 Å². The highest BCUT2D eigenvalue weighted by atomic mass is 79.9. The summed E-state index contributed by atoms with van der Waals surface area (Å²) in [6.45, 7) is 0. The van der Waals surface area contributed by atoms with Crippen LogP contribution in [0.5, 0.6) is 5.75 Å². The summed E-state index contributed by atoms with van der Waals surface area (Å²) in [4.78, 5) is 0.0363. The molecule has 1 aromatic heterocycles. The first kappa shape index (κ1) is 15.3. The fraction of sp³-hybridized carbons (Fsp3) is 0.125. The van der Waals surface area contributed by atoms with Crippen LogP contribution >= 0.6 is 54.8 Å². The Balaban J connectivity index is 2.15. The van der Waals surface area contributed by atoms with E-state index in [0.717, 1.165) is 15.8 Å². The molecule has 0 N–H and O–H groups in total. The zero-order valence-electron chi connectivity index (χ0n) is 11.1. The highest BCUT2D eigenvalue weighted by molar-refractivity contribution is 9.10. The van der Waals surface area contributed by atoms with Crippen molar-refractivity contribution in [1.82, 2.24) is 0 Å². The number of hydrogen-bond donors (Lipinski definition) is 0. The van der Waals surface area contributed by atoms with Crippen LogP contribution in [0.15, 0.2) is 46.3 Å². The summed E-state index contributed by atoms with van der Waals surface area (Å²) in [6, 6.07) is 11.9. The zero-order chi connectivity index (χ0) is 15.0. The fourth-order valence-electron chi connectivity index (χ4n) is 2.31. The number of ether oxygens (including phenoxy) is 1. The van der Waals surface area contributed by atoms with Crippen LogP contribution in [0.3, 0.4) is 0 Å². The van der Waals surface area contributed by atoms with Gasteiger partial charge in [-0.25, -0.2) is 0 Å². The van der Waals surface area contributed by atoms with Crippen LogP contribution in [0.4, 0.5) is 0 Å². The molecule has 3 aromatic rings. The molecule has 0 fully saturated rings. The molecular weight excluding hydrogens is 436 g/mol. The minimum atomic E-state index is 0.0363. The highest BCUT2D eigenvalue weighted by Crippen LogP contribution is 2.44. The van der Waals surface area contributed by atoms with Crippen molar-refractivity contribution < 1.29 is 4.74 Å². The van der Waals surface area contributed by atoms with E-state index in [1.807, 2.05) is 18.2 Å². The van der Waals surface area contributed by atoms with E-state index in [4.69, 9.17) is 16.3 Å². The zero-order valence-corrected chi connectivity index (χ0v) is 15.8. The monoisotopic (exact) mass is 444 g/mol. The third kappa shape index (κ3) is 2.87. The van der Waals surface area contributed by atoms with Gasteiger partial charge in [0.05, 0.1) is 11.9 Å². The molecule has 0 amide bonds. The van der Waals surface area contributed by atoms with E-state index in [1.54, 1.807) is 18.4 Å². The van der Waals surface area contributed by atoms with Gasteiger partial charge in [0.1, 0.15) is 5.75 Å². The molecule has 2 aromatic carbocycles. The molecule has 0 aliphatic carbocycles. The Hall–Kier alpha value is -0.550. The van der Waals surface area contributed by atoms with Gasteiger partial charge in [-0.15, -0.1) is 11.3 Å². The molecule has 21 heavy (non-hydrogen) atoms. The van der Waals surface area contributed by atoms with E-state index in [9.17, 15) is 0 Å². The number of hydrogen-bond acceptors (Lipinski definition) is 2. The Morgan fingerprint density at radius 1 is 1.19 bits per heavy atom. The molecule has 1 nitrogen and oxygen atoms in total. The number of halogens is 3. The minimum absolute atomic E-state index is 0.0363. The lowest BCUT2D eigenvalue weighted by molar-refractivity contribution is 0.410. The lowest BCUT2D eigenvalue weighted by Crippen LogP contribution is -1.96. The molecule has 1 heterocycles. The summed E-state index contributed by atoms with van der Waals surface area (Å²) in [5, 5.41) is 4.11. The lowest BCUT2D eigenvalue weighted by Gasteiger charge is -2.14. The summed E-state index contributed by atoms with van der Waals surface area (Å²) in [7, 11) is 1.68. The Morgan fingerprint density at radius 2 is 2.00 bits per heavy atom. The van der Waals surface area contributed by atoms with Crippen LogP contribution in [-0.4, -0.2) is 7.11 Å². The maximum absolute atomic E-state index is 6.14. The van der Waals surface area contributed by atoms with Crippen LogP contribution in [0.1, 0.15) is 16.0 Å². The van der Waals surface area contributed by atoms with Gasteiger partial charge in [0.2, 0.25) is 0 Å². The second-order valence-corrected chi connectivity index (χ2v) is 7.64. The molecule has 0 bridgehead atoms. The molecule has 1 atom stereocenters. The van der Waals surface area contributed by atoms with Gasteiger partial charge in [0.15, 0.2) is 0 Å². The Kier molecular flexibility index (Phi) is 4.60. The van der Waals surface area contributed by atoms with E-state index in [2.05, 4.69) is 55.4 Å². The van der Waals surface area contributed by atoms with Crippen LogP contribution in [-0.2, 0) is 0 Å². The molecule has 0 spiro atoms. The van der Waals surface area contributed by atoms with Crippen LogP contribution < -0.4 is 4.74 Å². The Morgan fingerprint density at radius 3 is 2.76 bits per heavy atom. The first-order chi connectivity index (χ1) is 10.1. The summed E-state index contributed by atoms with van der Waals surface area (Å²) in [5.41, 5.74) is 2.25. The number of thiophene rings is 1. The molecule has 3 rings (SSSR count). The maximum atomic E-state index is 6.14. The summed E-state index contributed by atoms with van der Waals surface area (Å²) < 4.78 is 7.83.